The summed E-state index contributed by atoms with van der Waals surface area (Å²) in [5.41, 5.74) is 3.99. The highest BCUT2D eigenvalue weighted by molar-refractivity contribution is 5.80. The Bertz CT molecular complexity index is 703. The van der Waals surface area contributed by atoms with E-state index >= 15 is 0 Å². The van der Waals surface area contributed by atoms with E-state index in [2.05, 4.69) is 41.3 Å². The van der Waals surface area contributed by atoms with Gasteiger partial charge in [0, 0.05) is 33.6 Å². The van der Waals surface area contributed by atoms with Crippen LogP contribution in [0, 0.1) is 0 Å². The Kier molecular flexibility index (Phi) is 6.91. The first-order valence-corrected chi connectivity index (χ1v) is 8.84. The van der Waals surface area contributed by atoms with E-state index in [-0.39, 0.29) is 24.2 Å². The van der Waals surface area contributed by atoms with E-state index in [4.69, 9.17) is 0 Å². The van der Waals surface area contributed by atoms with Gasteiger partial charge in [0.1, 0.15) is 0 Å². The molecule has 5 nitrogen and oxygen atoms in total. The second kappa shape index (κ2) is 8.94. The van der Waals surface area contributed by atoms with Crippen molar-refractivity contribution in [2.24, 2.45) is 0 Å². The van der Waals surface area contributed by atoms with Gasteiger partial charge in [-0.25, -0.2) is 0 Å². The average molecular weight is 355 g/mol. The van der Waals surface area contributed by atoms with Gasteiger partial charge in [-0.15, -0.1) is 0 Å². The fourth-order valence-electron chi connectivity index (χ4n) is 3.24. The Balaban J connectivity index is 0.000000289. The smallest absolute Gasteiger partial charge is 0.219 e. The number of aliphatic hydroxyl groups is 1. The average Bonchev–Trinajstić information content (AvgIpc) is 3.01. The molecular formula is C21H29N3O2. The molecule has 0 spiro atoms. The molecule has 2 atom stereocenters. The highest BCUT2D eigenvalue weighted by Gasteiger charge is 2.26. The number of likely N-dealkylation sites (tertiary alicyclic amines) is 1. The van der Waals surface area contributed by atoms with Crippen LogP contribution in [-0.4, -0.2) is 53.6 Å². The van der Waals surface area contributed by atoms with E-state index in [0.29, 0.717) is 6.54 Å². The molecule has 0 saturated carbocycles. The van der Waals surface area contributed by atoms with Gasteiger partial charge in [0.15, 0.2) is 0 Å². The zero-order valence-electron chi connectivity index (χ0n) is 15.6. The summed E-state index contributed by atoms with van der Waals surface area (Å²) in [6.45, 7) is 3.97. The van der Waals surface area contributed by atoms with Crippen molar-refractivity contribution in [1.29, 1.82) is 0 Å². The Morgan fingerprint density at radius 3 is 2.27 bits per heavy atom. The number of amides is 1. The minimum Gasteiger partial charge on any atom is -0.392 e. The fraction of sp³-hybridized carbons (Fsp3) is 0.381. The second-order valence-corrected chi connectivity index (χ2v) is 6.84. The molecular weight excluding hydrogens is 326 g/mol. The van der Waals surface area contributed by atoms with E-state index in [1.165, 1.54) is 11.1 Å². The topological polar surface area (TPSA) is 78.8 Å². The lowest BCUT2D eigenvalue weighted by Gasteiger charge is -2.31. The van der Waals surface area contributed by atoms with Crippen LogP contribution in [0.4, 0.5) is 0 Å². The molecule has 0 radical (unpaired) electrons. The lowest BCUT2D eigenvalue weighted by molar-refractivity contribution is -0.130. The maximum atomic E-state index is 11.7. The fourth-order valence-corrected chi connectivity index (χ4v) is 3.24. The van der Waals surface area contributed by atoms with Gasteiger partial charge in [-0.1, -0.05) is 48.5 Å². The molecule has 2 aliphatic carbocycles. The Morgan fingerprint density at radius 1 is 1.19 bits per heavy atom. The summed E-state index contributed by atoms with van der Waals surface area (Å²) in [5.74, 6) is 0.0635. The molecule has 26 heavy (non-hydrogen) atoms. The van der Waals surface area contributed by atoms with Crippen molar-refractivity contribution in [3.05, 3.63) is 60.2 Å². The predicted molar refractivity (Wildman–Crippen MR) is 105 cm³/mol. The molecule has 0 bridgehead atoms. The lowest BCUT2D eigenvalue weighted by atomic mass is 10.1. The van der Waals surface area contributed by atoms with Gasteiger partial charge in [-0.05, 0) is 29.2 Å². The van der Waals surface area contributed by atoms with Crippen LogP contribution in [0.1, 0.15) is 24.9 Å². The second-order valence-electron chi connectivity index (χ2n) is 6.84. The molecule has 0 aromatic heterocycles. The number of benzene rings is 2. The summed E-state index contributed by atoms with van der Waals surface area (Å²) in [6.07, 6.45) is 0.602. The Morgan fingerprint density at radius 2 is 1.85 bits per heavy atom. The van der Waals surface area contributed by atoms with E-state index in [1.807, 2.05) is 25.2 Å². The molecule has 1 amide bonds. The van der Waals surface area contributed by atoms with Crippen molar-refractivity contribution in [3.8, 4) is 11.1 Å². The number of fused-ring (bicyclic) bond motifs is 1. The molecule has 2 unspecified atom stereocenters. The molecule has 5 heteroatoms. The van der Waals surface area contributed by atoms with Crippen molar-refractivity contribution in [2.75, 3.05) is 26.7 Å². The zero-order valence-corrected chi connectivity index (χ0v) is 15.6. The molecule has 140 valence electrons. The van der Waals surface area contributed by atoms with Crippen LogP contribution < -0.4 is 6.15 Å². The number of hydrogen-bond donors (Lipinski definition) is 2. The van der Waals surface area contributed by atoms with Crippen LogP contribution in [0.15, 0.2) is 54.6 Å². The zero-order chi connectivity index (χ0) is 17.8. The third-order valence-electron chi connectivity index (χ3n) is 4.94. The monoisotopic (exact) mass is 355 g/mol. The van der Waals surface area contributed by atoms with Gasteiger partial charge in [0.2, 0.25) is 5.91 Å². The third-order valence-corrected chi connectivity index (χ3v) is 4.94. The molecule has 4 N–H and O–H groups in total. The predicted octanol–water partition coefficient (Wildman–Crippen LogP) is 3.10. The summed E-state index contributed by atoms with van der Waals surface area (Å²) >= 11 is 0. The molecule has 3 aliphatic rings. The van der Waals surface area contributed by atoms with Crippen LogP contribution in [0.5, 0.6) is 0 Å². The van der Waals surface area contributed by atoms with Crippen LogP contribution in [0.2, 0.25) is 0 Å². The molecule has 1 aliphatic heterocycles. The van der Waals surface area contributed by atoms with E-state index in [1.54, 1.807) is 11.8 Å². The van der Waals surface area contributed by atoms with Gasteiger partial charge in [-0.3, -0.25) is 9.69 Å². The summed E-state index contributed by atoms with van der Waals surface area (Å²) in [7, 11) is 1.84. The van der Waals surface area contributed by atoms with Crippen molar-refractivity contribution in [1.82, 2.24) is 16.0 Å². The van der Waals surface area contributed by atoms with Crippen LogP contribution in [-0.2, 0) is 4.79 Å². The van der Waals surface area contributed by atoms with Gasteiger partial charge >= 0.3 is 0 Å². The minimum absolute atomic E-state index is 0. The summed E-state index contributed by atoms with van der Waals surface area (Å²) in [5, 5.41) is 9.61. The number of β-amino-alcohol motifs (C(OH)–C–C–N with tert-alkyl or cyclic N) is 1. The standard InChI is InChI=1S/C15H22N2O2.C6H4.H3N/c1-12(18)16(2)15(13-6-4-3-5-7-13)11-17-9-8-14(19)10-17;1-2-5-4-6(5)3-1;/h3-7,14-15,19H,8-11H2,1-2H3;1-4H;1H3. The number of nitrogens with zero attached hydrogens (tertiary/aromatic N) is 2. The highest BCUT2D eigenvalue weighted by Crippen LogP contribution is 2.32. The maximum absolute atomic E-state index is 11.7. The van der Waals surface area contributed by atoms with Gasteiger partial charge in [0.25, 0.3) is 0 Å². The highest BCUT2D eigenvalue weighted by atomic mass is 16.3. The van der Waals surface area contributed by atoms with Crippen LogP contribution in [0.3, 0.4) is 0 Å². The molecule has 4 rings (SSSR count). The normalized spacial score (nSPS) is 18.2. The molecule has 1 aromatic carbocycles. The number of likely N-dealkylation sites (N-methyl/N-ethyl adjacent to an activating group) is 1. The first-order valence-electron chi connectivity index (χ1n) is 8.84. The first kappa shape index (κ1) is 20.1. The Hall–Kier alpha value is -2.21. The summed E-state index contributed by atoms with van der Waals surface area (Å²) in [4.78, 5) is 15.7. The molecule has 1 saturated heterocycles. The largest absolute Gasteiger partial charge is 0.392 e. The Labute approximate surface area is 155 Å². The van der Waals surface area contributed by atoms with E-state index < -0.39 is 0 Å². The third kappa shape index (κ3) is 5.14. The van der Waals surface area contributed by atoms with Crippen LogP contribution in [0.25, 0.3) is 11.1 Å². The van der Waals surface area contributed by atoms with E-state index in [9.17, 15) is 9.90 Å². The summed E-state index contributed by atoms with van der Waals surface area (Å²) < 4.78 is 0. The number of hydrogen-bond acceptors (Lipinski definition) is 4. The number of aliphatic hydroxyl groups excluding tert-OH is 1. The van der Waals surface area contributed by atoms with Crippen LogP contribution >= 0.6 is 0 Å². The van der Waals surface area contributed by atoms with Crippen molar-refractivity contribution in [2.45, 2.75) is 25.5 Å². The maximum Gasteiger partial charge on any atom is 0.219 e. The molecule has 1 heterocycles. The number of carbonyl (C=O) groups excluding carboxylic acids is 1. The number of rotatable bonds is 4. The number of carbonyl (C=O) groups is 1. The van der Waals surface area contributed by atoms with Crippen molar-refractivity contribution >= 4 is 5.91 Å². The van der Waals surface area contributed by atoms with Crippen molar-refractivity contribution < 1.29 is 9.90 Å². The summed E-state index contributed by atoms with van der Waals surface area (Å²) in [6, 6.07) is 18.6. The van der Waals surface area contributed by atoms with Gasteiger partial charge < -0.3 is 16.2 Å². The van der Waals surface area contributed by atoms with E-state index in [0.717, 1.165) is 25.1 Å². The van der Waals surface area contributed by atoms with Gasteiger partial charge in [0.05, 0.1) is 12.1 Å². The SMILES string of the molecule is CC(=O)N(C)C(CN1CCC(O)C1)c1ccccc1.N.c1cc2cc-2c1. The molecule has 1 aromatic rings. The quantitative estimate of drug-likeness (QED) is 0.754. The molecule has 1 fully saturated rings. The minimum atomic E-state index is -0.223. The lowest BCUT2D eigenvalue weighted by Crippen LogP contribution is -2.38. The van der Waals surface area contributed by atoms with Crippen molar-refractivity contribution in [3.63, 3.8) is 0 Å². The van der Waals surface area contributed by atoms with Gasteiger partial charge in [-0.2, -0.15) is 0 Å². The first-order chi connectivity index (χ1) is 12.0.